The molecular formula is C9H14Cl2N4O. The van der Waals surface area contributed by atoms with E-state index in [0.29, 0.717) is 18.5 Å². The fourth-order valence-corrected chi connectivity index (χ4v) is 1.36. The molecule has 7 heteroatoms. The number of anilines is 1. The number of nitrogens with zero attached hydrogens (tertiary/aromatic N) is 3. The number of fused-ring (bicyclic) bond motifs is 1. The third kappa shape index (κ3) is 2.98. The summed E-state index contributed by atoms with van der Waals surface area (Å²) in [5.74, 6) is 0.835. The monoisotopic (exact) mass is 264 g/mol. The minimum Gasteiger partial charge on any atom is -0.398 e. The first kappa shape index (κ1) is 15.0. The summed E-state index contributed by atoms with van der Waals surface area (Å²) in [5.41, 5.74) is 7.12. The minimum absolute atomic E-state index is 0. The summed E-state index contributed by atoms with van der Waals surface area (Å²) in [6, 6.07) is 3.62. The van der Waals surface area contributed by atoms with Gasteiger partial charge in [-0.2, -0.15) is 0 Å². The lowest BCUT2D eigenvalue weighted by atomic mass is 10.3. The summed E-state index contributed by atoms with van der Waals surface area (Å²) in [6.07, 6.45) is 3.19. The summed E-state index contributed by atoms with van der Waals surface area (Å²) in [7, 11) is 0. The fourth-order valence-electron chi connectivity index (χ4n) is 1.36. The molecule has 2 rings (SSSR count). The predicted molar refractivity (Wildman–Crippen MR) is 67.3 cm³/mol. The largest absolute Gasteiger partial charge is 0.398 e. The van der Waals surface area contributed by atoms with Gasteiger partial charge in [0, 0.05) is 24.9 Å². The van der Waals surface area contributed by atoms with E-state index in [4.69, 9.17) is 10.8 Å². The molecular weight excluding hydrogens is 251 g/mol. The van der Waals surface area contributed by atoms with E-state index >= 15 is 0 Å². The van der Waals surface area contributed by atoms with E-state index in [1.165, 1.54) is 0 Å². The van der Waals surface area contributed by atoms with Crippen LogP contribution in [0.1, 0.15) is 12.2 Å². The van der Waals surface area contributed by atoms with Crippen LogP contribution < -0.4 is 5.73 Å². The van der Waals surface area contributed by atoms with E-state index in [9.17, 15) is 0 Å². The zero-order valence-corrected chi connectivity index (χ0v) is 10.2. The SMILES string of the molecule is Cl.Cl.Nc1ccc2nnc(CCCO)n2c1. The van der Waals surface area contributed by atoms with Crippen molar-refractivity contribution in [2.75, 3.05) is 12.3 Å². The highest BCUT2D eigenvalue weighted by Gasteiger charge is 2.04. The molecule has 0 radical (unpaired) electrons. The molecule has 0 aliphatic heterocycles. The van der Waals surface area contributed by atoms with Crippen molar-refractivity contribution in [3.05, 3.63) is 24.2 Å². The average Bonchev–Trinajstić information content (AvgIpc) is 2.57. The van der Waals surface area contributed by atoms with Gasteiger partial charge in [0.25, 0.3) is 0 Å². The highest BCUT2D eigenvalue weighted by molar-refractivity contribution is 5.85. The number of aliphatic hydroxyl groups is 1. The van der Waals surface area contributed by atoms with Gasteiger partial charge in [-0.05, 0) is 18.6 Å². The van der Waals surface area contributed by atoms with Crippen LogP contribution in [0.5, 0.6) is 0 Å². The van der Waals surface area contributed by atoms with Crippen molar-refractivity contribution in [3.63, 3.8) is 0 Å². The normalized spacial score (nSPS) is 9.56. The van der Waals surface area contributed by atoms with Gasteiger partial charge in [0.2, 0.25) is 0 Å². The van der Waals surface area contributed by atoms with Crippen LogP contribution in [0.3, 0.4) is 0 Å². The van der Waals surface area contributed by atoms with E-state index < -0.39 is 0 Å². The molecule has 2 aromatic heterocycles. The molecule has 0 aliphatic carbocycles. The van der Waals surface area contributed by atoms with Crippen LogP contribution in [0.15, 0.2) is 18.3 Å². The number of pyridine rings is 1. The Balaban J connectivity index is 0.00000112. The molecule has 2 heterocycles. The van der Waals surface area contributed by atoms with Gasteiger partial charge in [-0.15, -0.1) is 35.0 Å². The van der Waals surface area contributed by atoms with E-state index in [1.807, 2.05) is 10.5 Å². The number of aliphatic hydroxyl groups excluding tert-OH is 1. The van der Waals surface area contributed by atoms with Crippen LogP contribution in [-0.2, 0) is 6.42 Å². The number of aromatic nitrogens is 3. The maximum absolute atomic E-state index is 8.71. The first-order valence-electron chi connectivity index (χ1n) is 4.51. The molecule has 0 fully saturated rings. The quantitative estimate of drug-likeness (QED) is 0.870. The molecule has 3 N–H and O–H groups in total. The first-order chi connectivity index (χ1) is 6.81. The smallest absolute Gasteiger partial charge is 0.160 e. The third-order valence-corrected chi connectivity index (χ3v) is 2.05. The van der Waals surface area contributed by atoms with Crippen LogP contribution in [0.4, 0.5) is 5.69 Å². The van der Waals surface area contributed by atoms with E-state index in [2.05, 4.69) is 10.2 Å². The molecule has 0 saturated carbocycles. The Labute approximate surface area is 105 Å². The maximum Gasteiger partial charge on any atom is 0.160 e. The highest BCUT2D eigenvalue weighted by atomic mass is 35.5. The summed E-state index contributed by atoms with van der Waals surface area (Å²) in [4.78, 5) is 0. The van der Waals surface area contributed by atoms with Crippen LogP contribution >= 0.6 is 24.8 Å². The van der Waals surface area contributed by atoms with Crippen LogP contribution in [0, 0.1) is 0 Å². The molecule has 0 saturated heterocycles. The number of nitrogens with two attached hydrogens (primary N) is 1. The number of hydrogen-bond donors (Lipinski definition) is 2. The van der Waals surface area contributed by atoms with Gasteiger partial charge in [-0.1, -0.05) is 0 Å². The summed E-state index contributed by atoms with van der Waals surface area (Å²) in [5, 5.41) is 16.7. The average molecular weight is 265 g/mol. The Morgan fingerprint density at radius 2 is 2.00 bits per heavy atom. The van der Waals surface area contributed by atoms with E-state index in [0.717, 1.165) is 11.5 Å². The van der Waals surface area contributed by atoms with Crippen LogP contribution in [0.25, 0.3) is 5.65 Å². The number of rotatable bonds is 3. The van der Waals surface area contributed by atoms with Crippen molar-refractivity contribution >= 4 is 36.1 Å². The summed E-state index contributed by atoms with van der Waals surface area (Å²) < 4.78 is 1.85. The van der Waals surface area contributed by atoms with Gasteiger partial charge in [0.1, 0.15) is 5.82 Å². The molecule has 0 spiro atoms. The Hall–Kier alpha value is -1.04. The molecule has 90 valence electrons. The lowest BCUT2D eigenvalue weighted by Crippen LogP contribution is -1.98. The van der Waals surface area contributed by atoms with Gasteiger partial charge in [0.05, 0.1) is 0 Å². The second-order valence-corrected chi connectivity index (χ2v) is 3.13. The van der Waals surface area contributed by atoms with Crippen molar-refractivity contribution < 1.29 is 5.11 Å². The molecule has 5 nitrogen and oxygen atoms in total. The molecule has 0 bridgehead atoms. The molecule has 0 atom stereocenters. The standard InChI is InChI=1S/C9H12N4O.2ClH/c10-7-3-4-9-12-11-8(2-1-5-14)13(9)6-7;;/h3-4,6,14H,1-2,5,10H2;2*1H. The highest BCUT2D eigenvalue weighted by Crippen LogP contribution is 2.09. The van der Waals surface area contributed by atoms with Crippen LogP contribution in [-0.4, -0.2) is 26.3 Å². The molecule has 0 aromatic carbocycles. The fraction of sp³-hybridized carbons (Fsp3) is 0.333. The Kier molecular flexibility index (Phi) is 6.10. The molecule has 2 aromatic rings. The Morgan fingerprint density at radius 3 is 2.69 bits per heavy atom. The second-order valence-electron chi connectivity index (χ2n) is 3.13. The van der Waals surface area contributed by atoms with Gasteiger partial charge in [-0.25, -0.2) is 0 Å². The molecule has 16 heavy (non-hydrogen) atoms. The maximum atomic E-state index is 8.71. The van der Waals surface area contributed by atoms with Gasteiger partial charge in [0.15, 0.2) is 5.65 Å². The van der Waals surface area contributed by atoms with Gasteiger partial charge in [-0.3, -0.25) is 4.40 Å². The van der Waals surface area contributed by atoms with Crippen LogP contribution in [0.2, 0.25) is 0 Å². The zero-order valence-electron chi connectivity index (χ0n) is 8.54. The van der Waals surface area contributed by atoms with Crippen molar-refractivity contribution in [2.45, 2.75) is 12.8 Å². The number of hydrogen-bond acceptors (Lipinski definition) is 4. The van der Waals surface area contributed by atoms with Crippen molar-refractivity contribution in [2.24, 2.45) is 0 Å². The minimum atomic E-state index is 0. The number of aryl methyl sites for hydroxylation is 1. The molecule has 0 unspecified atom stereocenters. The lowest BCUT2D eigenvalue weighted by Gasteiger charge is -1.99. The Bertz CT molecular complexity index is 446. The number of nitrogen functional groups attached to an aromatic ring is 1. The first-order valence-corrected chi connectivity index (χ1v) is 4.51. The predicted octanol–water partition coefficient (Wildman–Crippen LogP) is 1.08. The summed E-state index contributed by atoms with van der Waals surface area (Å²) in [6.45, 7) is 0.164. The molecule has 0 amide bonds. The van der Waals surface area contributed by atoms with Gasteiger partial charge < -0.3 is 10.8 Å². The third-order valence-electron chi connectivity index (χ3n) is 2.05. The zero-order chi connectivity index (χ0) is 9.97. The summed E-state index contributed by atoms with van der Waals surface area (Å²) >= 11 is 0. The van der Waals surface area contributed by atoms with E-state index in [1.54, 1.807) is 12.3 Å². The van der Waals surface area contributed by atoms with Gasteiger partial charge >= 0.3 is 0 Å². The van der Waals surface area contributed by atoms with Crippen molar-refractivity contribution in [3.8, 4) is 0 Å². The Morgan fingerprint density at radius 1 is 1.25 bits per heavy atom. The number of halogens is 2. The van der Waals surface area contributed by atoms with Crippen molar-refractivity contribution in [1.29, 1.82) is 0 Å². The topological polar surface area (TPSA) is 76.4 Å². The second kappa shape index (κ2) is 6.52. The van der Waals surface area contributed by atoms with Crippen molar-refractivity contribution in [1.82, 2.24) is 14.6 Å². The lowest BCUT2D eigenvalue weighted by molar-refractivity contribution is 0.287. The molecule has 0 aliphatic rings. The van der Waals surface area contributed by atoms with E-state index in [-0.39, 0.29) is 31.4 Å².